The van der Waals surface area contributed by atoms with Crippen molar-refractivity contribution in [3.8, 4) is 0 Å². The van der Waals surface area contributed by atoms with Gasteiger partial charge in [0.25, 0.3) is 0 Å². The molecule has 1 aliphatic rings. The zero-order chi connectivity index (χ0) is 15.5. The molecule has 0 unspecified atom stereocenters. The molecule has 0 bridgehead atoms. The minimum Gasteiger partial charge on any atom is -0.391 e. The van der Waals surface area contributed by atoms with E-state index in [-0.39, 0.29) is 17.8 Å². The smallest absolute Gasteiger partial charge is 0.126 e. The number of β-amino-alcohol motifs (C(OH)–C–C–N with tert-alkyl or cyclic N) is 1. The zero-order valence-electron chi connectivity index (χ0n) is 12.6. The Morgan fingerprint density at radius 1 is 1.32 bits per heavy atom. The van der Waals surface area contributed by atoms with Crippen molar-refractivity contribution in [3.63, 3.8) is 0 Å². The molecule has 0 saturated carbocycles. The molecule has 2 atom stereocenters. The van der Waals surface area contributed by atoms with Gasteiger partial charge in [0.1, 0.15) is 5.82 Å². The van der Waals surface area contributed by atoms with E-state index in [0.717, 1.165) is 30.8 Å². The third kappa shape index (κ3) is 3.48. The summed E-state index contributed by atoms with van der Waals surface area (Å²) in [6, 6.07) is 5.19. The Morgan fingerprint density at radius 3 is 2.91 bits per heavy atom. The van der Waals surface area contributed by atoms with Gasteiger partial charge in [0.05, 0.1) is 11.8 Å². The van der Waals surface area contributed by atoms with Gasteiger partial charge in [-0.1, -0.05) is 12.1 Å². The zero-order valence-corrected chi connectivity index (χ0v) is 12.6. The van der Waals surface area contributed by atoms with Gasteiger partial charge in [-0.15, -0.1) is 0 Å². The van der Waals surface area contributed by atoms with E-state index in [2.05, 4.69) is 14.9 Å². The summed E-state index contributed by atoms with van der Waals surface area (Å²) >= 11 is 0. The van der Waals surface area contributed by atoms with Gasteiger partial charge >= 0.3 is 0 Å². The molecule has 1 fully saturated rings. The largest absolute Gasteiger partial charge is 0.391 e. The van der Waals surface area contributed by atoms with Crippen molar-refractivity contribution < 1.29 is 9.50 Å². The summed E-state index contributed by atoms with van der Waals surface area (Å²) in [5, 5.41) is 10.2. The van der Waals surface area contributed by atoms with Crippen molar-refractivity contribution in [2.24, 2.45) is 5.92 Å². The summed E-state index contributed by atoms with van der Waals surface area (Å²) in [6.45, 7) is 3.96. The summed E-state index contributed by atoms with van der Waals surface area (Å²) in [6.07, 6.45) is 5.45. The third-order valence-electron chi connectivity index (χ3n) is 4.20. The lowest BCUT2D eigenvalue weighted by Crippen LogP contribution is -2.21. The van der Waals surface area contributed by atoms with Crippen LogP contribution in [0.1, 0.15) is 16.8 Å². The van der Waals surface area contributed by atoms with Crippen LogP contribution in [0.2, 0.25) is 0 Å². The van der Waals surface area contributed by atoms with E-state index >= 15 is 0 Å². The summed E-state index contributed by atoms with van der Waals surface area (Å²) in [4.78, 5) is 10.5. The first kappa shape index (κ1) is 15.1. The predicted octanol–water partition coefficient (Wildman–Crippen LogP) is 1.96. The fraction of sp³-hybridized carbons (Fsp3) is 0.412. The molecule has 1 aromatic carbocycles. The number of halogens is 1. The fourth-order valence-corrected chi connectivity index (χ4v) is 3.04. The molecular formula is C17H20FN3O. The van der Waals surface area contributed by atoms with E-state index in [4.69, 9.17) is 0 Å². The maximum Gasteiger partial charge on any atom is 0.126 e. The van der Waals surface area contributed by atoms with Crippen LogP contribution < -0.4 is 0 Å². The van der Waals surface area contributed by atoms with Crippen LogP contribution in [-0.2, 0) is 13.0 Å². The maximum atomic E-state index is 13.3. The van der Waals surface area contributed by atoms with Gasteiger partial charge in [-0.05, 0) is 30.5 Å². The topological polar surface area (TPSA) is 49.2 Å². The summed E-state index contributed by atoms with van der Waals surface area (Å²) in [5.41, 5.74) is 2.64. The Hall–Kier alpha value is -1.85. The van der Waals surface area contributed by atoms with Gasteiger partial charge in [-0.3, -0.25) is 14.9 Å². The molecule has 1 N–H and O–H groups in total. The summed E-state index contributed by atoms with van der Waals surface area (Å²) < 4.78 is 13.3. The molecule has 5 heteroatoms. The molecule has 0 radical (unpaired) electrons. The highest BCUT2D eigenvalue weighted by molar-refractivity contribution is 5.24. The van der Waals surface area contributed by atoms with E-state index in [1.807, 2.05) is 12.1 Å². The van der Waals surface area contributed by atoms with Crippen LogP contribution in [0.4, 0.5) is 4.39 Å². The van der Waals surface area contributed by atoms with Gasteiger partial charge in [0.15, 0.2) is 0 Å². The normalized spacial score (nSPS) is 22.1. The fourth-order valence-electron chi connectivity index (χ4n) is 3.04. The van der Waals surface area contributed by atoms with Crippen LogP contribution in [0.15, 0.2) is 36.8 Å². The number of rotatable bonds is 4. The predicted molar refractivity (Wildman–Crippen MR) is 81.6 cm³/mol. The molecule has 0 spiro atoms. The average molecular weight is 301 g/mol. The highest BCUT2D eigenvalue weighted by Crippen LogP contribution is 2.23. The Kier molecular flexibility index (Phi) is 4.45. The van der Waals surface area contributed by atoms with Gasteiger partial charge in [0.2, 0.25) is 0 Å². The molecule has 22 heavy (non-hydrogen) atoms. The summed E-state index contributed by atoms with van der Waals surface area (Å²) in [5.74, 6) is -0.0102. The average Bonchev–Trinajstić information content (AvgIpc) is 2.84. The molecule has 0 amide bonds. The van der Waals surface area contributed by atoms with E-state index < -0.39 is 0 Å². The second kappa shape index (κ2) is 6.50. The molecule has 1 saturated heterocycles. The number of nitrogens with zero attached hydrogens (tertiary/aromatic N) is 3. The van der Waals surface area contributed by atoms with Crippen LogP contribution in [0.25, 0.3) is 0 Å². The SMILES string of the molecule is Cc1cc(CN2C[C@@H](Cc3cnccn3)[C@H](O)C2)ccc1F. The number of likely N-dealkylation sites (tertiary alicyclic amines) is 1. The minimum absolute atomic E-state index is 0.165. The molecule has 3 rings (SSSR count). The first-order valence-corrected chi connectivity index (χ1v) is 7.52. The number of hydrogen-bond donors (Lipinski definition) is 1. The Balaban J connectivity index is 1.61. The van der Waals surface area contributed by atoms with E-state index in [9.17, 15) is 9.50 Å². The van der Waals surface area contributed by atoms with Crippen molar-refractivity contribution in [1.29, 1.82) is 0 Å². The van der Waals surface area contributed by atoms with Gasteiger partial charge in [-0.25, -0.2) is 4.39 Å². The molecule has 2 aromatic rings. The monoisotopic (exact) mass is 301 g/mol. The summed E-state index contributed by atoms with van der Waals surface area (Å²) in [7, 11) is 0. The molecular weight excluding hydrogens is 281 g/mol. The number of aromatic nitrogens is 2. The van der Waals surface area contributed by atoms with Gasteiger partial charge in [0, 0.05) is 44.1 Å². The van der Waals surface area contributed by atoms with Gasteiger partial charge in [-0.2, -0.15) is 0 Å². The first-order chi connectivity index (χ1) is 10.6. The minimum atomic E-state index is -0.358. The van der Waals surface area contributed by atoms with Crippen molar-refractivity contribution >= 4 is 0 Å². The molecule has 1 aliphatic heterocycles. The third-order valence-corrected chi connectivity index (χ3v) is 4.20. The van der Waals surface area contributed by atoms with Crippen molar-refractivity contribution in [3.05, 3.63) is 59.4 Å². The standard InChI is InChI=1S/C17H20FN3O/c1-12-6-13(2-3-16(12)18)9-21-10-14(17(22)11-21)7-15-8-19-4-5-20-15/h2-6,8,14,17,22H,7,9-11H2,1H3/t14-,17-/m1/s1. The van der Waals surface area contributed by atoms with Crippen LogP contribution in [-0.4, -0.2) is 39.2 Å². The Bertz CT molecular complexity index is 635. The number of benzene rings is 1. The highest BCUT2D eigenvalue weighted by Gasteiger charge is 2.31. The Labute approximate surface area is 129 Å². The van der Waals surface area contributed by atoms with E-state index in [1.54, 1.807) is 25.5 Å². The van der Waals surface area contributed by atoms with E-state index in [0.29, 0.717) is 12.1 Å². The molecule has 1 aromatic heterocycles. The van der Waals surface area contributed by atoms with Crippen molar-refractivity contribution in [1.82, 2.24) is 14.9 Å². The lowest BCUT2D eigenvalue weighted by molar-refractivity contribution is 0.140. The van der Waals surface area contributed by atoms with Crippen molar-refractivity contribution in [2.45, 2.75) is 26.0 Å². The number of aliphatic hydroxyl groups excluding tert-OH is 1. The number of hydrogen-bond acceptors (Lipinski definition) is 4. The lowest BCUT2D eigenvalue weighted by Gasteiger charge is -2.16. The van der Waals surface area contributed by atoms with E-state index in [1.165, 1.54) is 6.07 Å². The molecule has 116 valence electrons. The molecule has 4 nitrogen and oxygen atoms in total. The Morgan fingerprint density at radius 2 is 2.18 bits per heavy atom. The number of aryl methyl sites for hydroxylation is 1. The highest BCUT2D eigenvalue weighted by atomic mass is 19.1. The van der Waals surface area contributed by atoms with Crippen LogP contribution >= 0.6 is 0 Å². The van der Waals surface area contributed by atoms with Crippen LogP contribution in [0.3, 0.4) is 0 Å². The maximum absolute atomic E-state index is 13.3. The van der Waals surface area contributed by atoms with Gasteiger partial charge < -0.3 is 5.11 Å². The van der Waals surface area contributed by atoms with Crippen LogP contribution in [0.5, 0.6) is 0 Å². The van der Waals surface area contributed by atoms with Crippen molar-refractivity contribution in [2.75, 3.05) is 13.1 Å². The quantitative estimate of drug-likeness (QED) is 0.938. The lowest BCUT2D eigenvalue weighted by atomic mass is 10.0. The molecule has 2 heterocycles. The first-order valence-electron chi connectivity index (χ1n) is 7.52. The second-order valence-corrected chi connectivity index (χ2v) is 6.01. The second-order valence-electron chi connectivity index (χ2n) is 6.01. The van der Waals surface area contributed by atoms with Crippen LogP contribution in [0, 0.1) is 18.7 Å². The molecule has 0 aliphatic carbocycles. The number of aliphatic hydroxyl groups is 1.